The van der Waals surface area contributed by atoms with E-state index in [1.54, 1.807) is 7.11 Å². The van der Waals surface area contributed by atoms with Crippen LogP contribution in [0.2, 0.25) is 0 Å². The summed E-state index contributed by atoms with van der Waals surface area (Å²) in [7, 11) is 5.64. The number of carbonyl (C=O) groups is 2. The van der Waals surface area contributed by atoms with Crippen LogP contribution in [0.4, 0.5) is 5.69 Å². The lowest BCUT2D eigenvalue weighted by atomic mass is 9.74. The molecule has 2 saturated heterocycles. The van der Waals surface area contributed by atoms with Crippen molar-refractivity contribution in [1.82, 2.24) is 15.9 Å². The molecule has 35 heavy (non-hydrogen) atoms. The minimum atomic E-state index is -0.703. The Balaban J connectivity index is 1.53. The van der Waals surface area contributed by atoms with E-state index in [0.717, 1.165) is 37.1 Å². The molecule has 194 valence electrons. The zero-order chi connectivity index (χ0) is 25.1. The molecule has 1 saturated carbocycles. The lowest BCUT2D eigenvalue weighted by Crippen LogP contribution is -2.42. The highest BCUT2D eigenvalue weighted by atomic mass is 16.7. The van der Waals surface area contributed by atoms with E-state index in [1.807, 2.05) is 43.1 Å². The number of nitrogens with zero attached hydrogens (tertiary/aromatic N) is 2. The number of benzene rings is 1. The maximum atomic E-state index is 13.0. The lowest BCUT2D eigenvalue weighted by molar-refractivity contribution is -0.135. The van der Waals surface area contributed by atoms with Crippen LogP contribution in [0.3, 0.4) is 0 Å². The quantitative estimate of drug-likeness (QED) is 0.496. The van der Waals surface area contributed by atoms with Gasteiger partial charge >= 0.3 is 0 Å². The Morgan fingerprint density at radius 1 is 1.31 bits per heavy atom. The van der Waals surface area contributed by atoms with Gasteiger partial charge in [0, 0.05) is 63.3 Å². The molecule has 1 aliphatic carbocycles. The summed E-state index contributed by atoms with van der Waals surface area (Å²) < 4.78 is 6.06. The van der Waals surface area contributed by atoms with Gasteiger partial charge in [-0.05, 0) is 43.5 Å². The Labute approximate surface area is 206 Å². The summed E-state index contributed by atoms with van der Waals surface area (Å²) in [6.07, 6.45) is 2.63. The average Bonchev–Trinajstić information content (AvgIpc) is 3.47. The zero-order valence-electron chi connectivity index (χ0n) is 21.0. The van der Waals surface area contributed by atoms with E-state index in [0.29, 0.717) is 18.7 Å². The minimum Gasteiger partial charge on any atom is -0.393 e. The molecule has 6 atom stereocenters. The van der Waals surface area contributed by atoms with E-state index < -0.39 is 12.1 Å². The van der Waals surface area contributed by atoms with E-state index in [9.17, 15) is 14.7 Å². The van der Waals surface area contributed by atoms with E-state index in [4.69, 9.17) is 14.4 Å². The molecule has 4 rings (SSSR count). The highest BCUT2D eigenvalue weighted by molar-refractivity contribution is 5.98. The summed E-state index contributed by atoms with van der Waals surface area (Å²) in [6.45, 7) is 3.92. The molecule has 0 radical (unpaired) electrons. The third-order valence-corrected chi connectivity index (χ3v) is 7.44. The van der Waals surface area contributed by atoms with Crippen LogP contribution in [0.5, 0.6) is 0 Å². The van der Waals surface area contributed by atoms with Crippen molar-refractivity contribution < 1.29 is 29.1 Å². The topological polar surface area (TPSA) is 113 Å². The van der Waals surface area contributed by atoms with Gasteiger partial charge in [0.05, 0.1) is 18.8 Å². The first-order valence-corrected chi connectivity index (χ1v) is 12.4. The number of hydrogen-bond acceptors (Lipinski definition) is 8. The van der Waals surface area contributed by atoms with Crippen molar-refractivity contribution in [2.24, 2.45) is 11.8 Å². The largest absolute Gasteiger partial charge is 0.393 e. The van der Waals surface area contributed by atoms with Crippen molar-refractivity contribution in [1.29, 1.82) is 0 Å². The summed E-state index contributed by atoms with van der Waals surface area (Å²) in [5.41, 5.74) is 4.74. The van der Waals surface area contributed by atoms with E-state index >= 15 is 0 Å². The molecule has 3 aliphatic rings. The number of nitrogens with one attached hydrogen (secondary N) is 2. The SMILES string of the molecule is COC1C(CN2C[C@@H]([C@H](C)O)CO2)CCCC1c1cc(C(=O)N[C@@H]2CONC2=O)cc(N(C)C)c1. The smallest absolute Gasteiger partial charge is 0.268 e. The fourth-order valence-corrected chi connectivity index (χ4v) is 5.34. The molecule has 2 amide bonds. The van der Waals surface area contributed by atoms with Crippen molar-refractivity contribution in [2.45, 2.75) is 50.4 Å². The van der Waals surface area contributed by atoms with Crippen molar-refractivity contribution in [3.8, 4) is 0 Å². The third-order valence-electron chi connectivity index (χ3n) is 7.44. The van der Waals surface area contributed by atoms with Crippen molar-refractivity contribution in [3.05, 3.63) is 29.3 Å². The lowest BCUT2D eigenvalue weighted by Gasteiger charge is -2.39. The molecule has 3 N–H and O–H groups in total. The predicted octanol–water partition coefficient (Wildman–Crippen LogP) is 1.06. The Morgan fingerprint density at radius 3 is 2.74 bits per heavy atom. The van der Waals surface area contributed by atoms with Crippen LogP contribution in [0, 0.1) is 11.8 Å². The second kappa shape index (κ2) is 11.2. The zero-order valence-corrected chi connectivity index (χ0v) is 21.0. The fourth-order valence-electron chi connectivity index (χ4n) is 5.34. The normalized spacial score (nSPS) is 30.2. The van der Waals surface area contributed by atoms with Crippen molar-refractivity contribution in [3.63, 3.8) is 0 Å². The number of anilines is 1. The fraction of sp³-hybridized carbons (Fsp3) is 0.680. The van der Waals surface area contributed by atoms with Crippen LogP contribution >= 0.6 is 0 Å². The maximum Gasteiger partial charge on any atom is 0.268 e. The monoisotopic (exact) mass is 490 g/mol. The second-order valence-electron chi connectivity index (χ2n) is 10.2. The van der Waals surface area contributed by atoms with E-state index in [1.165, 1.54) is 0 Å². The summed E-state index contributed by atoms with van der Waals surface area (Å²) >= 11 is 0. The molecule has 1 aromatic carbocycles. The number of aliphatic hydroxyl groups excluding tert-OH is 1. The van der Waals surface area contributed by atoms with Gasteiger partial charge in [-0.3, -0.25) is 19.3 Å². The molecule has 1 aromatic rings. The van der Waals surface area contributed by atoms with Crippen LogP contribution in [-0.2, 0) is 19.2 Å². The Bertz CT molecular complexity index is 910. The molecular weight excluding hydrogens is 452 g/mol. The van der Waals surface area contributed by atoms with Crippen LogP contribution in [0.15, 0.2) is 18.2 Å². The molecule has 0 bridgehead atoms. The predicted molar refractivity (Wildman–Crippen MR) is 130 cm³/mol. The van der Waals surface area contributed by atoms with Crippen LogP contribution < -0.4 is 15.7 Å². The first-order valence-electron chi connectivity index (χ1n) is 12.4. The molecule has 3 unspecified atom stereocenters. The molecule has 10 heteroatoms. The molecule has 10 nitrogen and oxygen atoms in total. The minimum absolute atomic E-state index is 0.0275. The van der Waals surface area contributed by atoms with E-state index in [-0.39, 0.29) is 42.3 Å². The van der Waals surface area contributed by atoms with E-state index in [2.05, 4.69) is 16.9 Å². The van der Waals surface area contributed by atoms with Gasteiger partial charge in [-0.15, -0.1) is 0 Å². The number of aliphatic hydroxyl groups is 1. The van der Waals surface area contributed by atoms with Crippen molar-refractivity contribution in [2.75, 3.05) is 52.4 Å². The molecule has 2 heterocycles. The molecule has 0 aromatic heterocycles. The molecule has 2 aliphatic heterocycles. The number of hydroxylamine groups is 3. The standard InChI is InChI=1S/C25H38N4O6/c1-15(30)19-12-29(35-13-19)11-16-6-5-7-21(23(16)33-4)17-8-18(10-20(9-17)28(2)3)24(31)26-22-14-34-27-25(22)32/h8-10,15-16,19,21-23,30H,5-7,11-14H2,1-4H3,(H,26,31)(H,27,32)/t15-,16?,19+,21?,22+,23?/m0/s1. The van der Waals surface area contributed by atoms with Gasteiger partial charge in [0.25, 0.3) is 11.8 Å². The summed E-state index contributed by atoms with van der Waals surface area (Å²) in [5, 5.41) is 14.7. The number of methoxy groups -OCH3 is 1. The highest BCUT2D eigenvalue weighted by Gasteiger charge is 2.38. The van der Waals surface area contributed by atoms with Gasteiger partial charge in [-0.2, -0.15) is 5.06 Å². The van der Waals surface area contributed by atoms with Crippen LogP contribution in [0.1, 0.15) is 48.0 Å². The van der Waals surface area contributed by atoms with Crippen molar-refractivity contribution >= 4 is 17.5 Å². The summed E-state index contributed by atoms with van der Waals surface area (Å²) in [4.78, 5) is 37.7. The van der Waals surface area contributed by atoms with Crippen LogP contribution in [0.25, 0.3) is 0 Å². The molecule has 0 spiro atoms. The number of hydrogen-bond donors (Lipinski definition) is 3. The number of carbonyl (C=O) groups excluding carboxylic acids is 2. The summed E-state index contributed by atoms with van der Waals surface area (Å²) in [6, 6.07) is 5.18. The Kier molecular flexibility index (Phi) is 8.28. The third kappa shape index (κ3) is 5.95. The van der Waals surface area contributed by atoms with Gasteiger partial charge in [0.2, 0.25) is 0 Å². The second-order valence-corrected chi connectivity index (χ2v) is 10.2. The molecular formula is C25H38N4O6. The first-order chi connectivity index (χ1) is 16.8. The summed E-state index contributed by atoms with van der Waals surface area (Å²) in [5.74, 6) is -0.138. The van der Waals surface area contributed by atoms with Gasteiger partial charge in [0.15, 0.2) is 0 Å². The number of amides is 2. The van der Waals surface area contributed by atoms with Crippen LogP contribution in [-0.4, -0.2) is 87.7 Å². The Hall–Kier alpha value is -2.24. The molecule has 3 fully saturated rings. The highest BCUT2D eigenvalue weighted by Crippen LogP contribution is 2.40. The number of rotatable bonds is 8. The number of ether oxygens (including phenoxy) is 1. The van der Waals surface area contributed by atoms with Gasteiger partial charge in [0.1, 0.15) is 12.6 Å². The maximum absolute atomic E-state index is 13.0. The Morgan fingerprint density at radius 2 is 2.11 bits per heavy atom. The van der Waals surface area contributed by atoms with Gasteiger partial charge in [-0.1, -0.05) is 6.42 Å². The van der Waals surface area contributed by atoms with Gasteiger partial charge in [-0.25, -0.2) is 5.48 Å². The average molecular weight is 491 g/mol. The first kappa shape index (κ1) is 25.8. The van der Waals surface area contributed by atoms with Gasteiger partial charge < -0.3 is 20.1 Å².